The molecule has 1 fully saturated rings. The Morgan fingerprint density at radius 3 is 2.62 bits per heavy atom. The Morgan fingerprint density at radius 2 is 1.88 bits per heavy atom. The zero-order valence-electron chi connectivity index (χ0n) is 23.4. The Kier molecular flexibility index (Phi) is 9.24. The Bertz CT molecular complexity index is 1330. The molecule has 1 unspecified atom stereocenters. The van der Waals surface area contributed by atoms with Crippen LogP contribution in [-0.4, -0.2) is 46.9 Å². The lowest BCUT2D eigenvalue weighted by Crippen LogP contribution is -2.39. The predicted octanol–water partition coefficient (Wildman–Crippen LogP) is 6.40. The molecule has 2 heterocycles. The first kappa shape index (κ1) is 28.9. The van der Waals surface area contributed by atoms with E-state index >= 15 is 4.39 Å². The lowest BCUT2D eigenvalue weighted by atomic mass is 9.99. The fourth-order valence-electron chi connectivity index (χ4n) is 4.56. The molecule has 40 heavy (non-hydrogen) atoms. The van der Waals surface area contributed by atoms with Crippen molar-refractivity contribution in [2.45, 2.75) is 65.3 Å². The Hall–Kier alpha value is -4.14. The van der Waals surface area contributed by atoms with Crippen molar-refractivity contribution in [3.8, 4) is 16.9 Å². The van der Waals surface area contributed by atoms with E-state index in [0.717, 1.165) is 18.4 Å². The van der Waals surface area contributed by atoms with Crippen LogP contribution < -0.4 is 10.1 Å². The zero-order chi connectivity index (χ0) is 28.7. The normalized spacial score (nSPS) is 15.0. The van der Waals surface area contributed by atoms with Crippen LogP contribution in [0.3, 0.4) is 0 Å². The van der Waals surface area contributed by atoms with Crippen LogP contribution in [0.5, 0.6) is 5.75 Å². The number of carbonyl (C=O) groups excluding carboxylic acids is 2. The molecular formula is C31H36FN3O5. The highest BCUT2D eigenvalue weighted by Crippen LogP contribution is 2.34. The van der Waals surface area contributed by atoms with Crippen LogP contribution in [0.1, 0.15) is 50.3 Å². The molecule has 3 aromatic rings. The molecule has 1 aliphatic heterocycles. The summed E-state index contributed by atoms with van der Waals surface area (Å²) in [4.78, 5) is 30.6. The average Bonchev–Trinajstić information content (AvgIpc) is 3.40. The van der Waals surface area contributed by atoms with Gasteiger partial charge in [-0.1, -0.05) is 42.5 Å². The van der Waals surface area contributed by atoms with Crippen LogP contribution in [0.2, 0.25) is 0 Å². The lowest BCUT2D eigenvalue weighted by molar-refractivity contribution is 0.0523. The largest absolute Gasteiger partial charge is 0.489 e. The van der Waals surface area contributed by atoms with Gasteiger partial charge >= 0.3 is 12.2 Å². The highest BCUT2D eigenvalue weighted by atomic mass is 19.1. The zero-order valence-corrected chi connectivity index (χ0v) is 23.4. The summed E-state index contributed by atoms with van der Waals surface area (Å²) in [6, 6.07) is 14.5. The van der Waals surface area contributed by atoms with Crippen molar-refractivity contribution in [2.24, 2.45) is 0 Å². The molecule has 0 bridgehead atoms. The van der Waals surface area contributed by atoms with Crippen LogP contribution in [-0.2, 0) is 22.6 Å². The predicted molar refractivity (Wildman–Crippen MR) is 149 cm³/mol. The fourth-order valence-corrected chi connectivity index (χ4v) is 4.56. The number of nitrogens with one attached hydrogen (secondary N) is 1. The maximum atomic E-state index is 15.6. The molecule has 2 amide bonds. The van der Waals surface area contributed by atoms with Gasteiger partial charge in [0, 0.05) is 30.4 Å². The highest BCUT2D eigenvalue weighted by molar-refractivity contribution is 5.72. The van der Waals surface area contributed by atoms with Crippen molar-refractivity contribution in [3.05, 3.63) is 83.4 Å². The maximum absolute atomic E-state index is 15.6. The number of alkyl carbamates (subject to hydrolysis) is 1. The summed E-state index contributed by atoms with van der Waals surface area (Å²) in [5, 5.41) is 2.67. The van der Waals surface area contributed by atoms with E-state index < -0.39 is 17.5 Å². The molecule has 212 valence electrons. The van der Waals surface area contributed by atoms with Crippen LogP contribution in [0, 0.1) is 12.7 Å². The third-order valence-corrected chi connectivity index (χ3v) is 6.64. The summed E-state index contributed by atoms with van der Waals surface area (Å²) in [6.45, 7) is 8.18. The third-order valence-electron chi connectivity index (χ3n) is 6.64. The average molecular weight is 550 g/mol. The van der Waals surface area contributed by atoms with Crippen molar-refractivity contribution in [1.29, 1.82) is 0 Å². The summed E-state index contributed by atoms with van der Waals surface area (Å²) in [6.07, 6.45) is 3.82. The van der Waals surface area contributed by atoms with Gasteiger partial charge < -0.3 is 24.4 Å². The first-order valence-corrected chi connectivity index (χ1v) is 13.4. The van der Waals surface area contributed by atoms with Gasteiger partial charge in [-0.3, -0.25) is 4.98 Å². The van der Waals surface area contributed by atoms with E-state index in [9.17, 15) is 9.59 Å². The number of aromatic nitrogens is 1. The number of rotatable bonds is 8. The van der Waals surface area contributed by atoms with Crippen LogP contribution in [0.25, 0.3) is 11.1 Å². The lowest BCUT2D eigenvalue weighted by Gasteiger charge is -2.24. The van der Waals surface area contributed by atoms with E-state index in [1.54, 1.807) is 63.2 Å². The minimum atomic E-state index is -0.621. The number of halogens is 1. The summed E-state index contributed by atoms with van der Waals surface area (Å²) in [5.41, 5.74) is 2.27. The van der Waals surface area contributed by atoms with E-state index in [1.807, 2.05) is 30.3 Å². The van der Waals surface area contributed by atoms with Crippen molar-refractivity contribution >= 4 is 12.2 Å². The molecule has 1 N–H and O–H groups in total. The molecule has 0 aliphatic carbocycles. The molecule has 0 radical (unpaired) electrons. The van der Waals surface area contributed by atoms with Gasteiger partial charge in [0.2, 0.25) is 0 Å². The Labute approximate surface area is 234 Å². The van der Waals surface area contributed by atoms with Gasteiger partial charge in [-0.05, 0) is 63.3 Å². The van der Waals surface area contributed by atoms with Crippen molar-refractivity contribution in [3.63, 3.8) is 0 Å². The molecule has 8 nitrogen and oxygen atoms in total. The van der Waals surface area contributed by atoms with Crippen LogP contribution >= 0.6 is 0 Å². The Balaban J connectivity index is 1.41. The number of benzene rings is 2. The van der Waals surface area contributed by atoms with Crippen LogP contribution in [0.15, 0.2) is 60.9 Å². The molecular weight excluding hydrogens is 513 g/mol. The quantitative estimate of drug-likeness (QED) is 0.350. The number of carbonyl (C=O) groups is 2. The number of ether oxygens (including phenoxy) is 3. The molecule has 1 saturated heterocycles. The number of nitrogens with zero attached hydrogens (tertiary/aromatic N) is 2. The van der Waals surface area contributed by atoms with Gasteiger partial charge in [-0.15, -0.1) is 0 Å². The number of hydrogen-bond donors (Lipinski definition) is 1. The molecule has 1 atom stereocenters. The van der Waals surface area contributed by atoms with Crippen molar-refractivity contribution in [1.82, 2.24) is 15.2 Å². The summed E-state index contributed by atoms with van der Waals surface area (Å²) in [7, 11) is 0. The summed E-state index contributed by atoms with van der Waals surface area (Å²) < 4.78 is 32.5. The Morgan fingerprint density at radius 1 is 1.10 bits per heavy atom. The molecule has 0 spiro atoms. The van der Waals surface area contributed by atoms with E-state index in [2.05, 4.69) is 10.3 Å². The van der Waals surface area contributed by atoms with Crippen LogP contribution in [0.4, 0.5) is 14.0 Å². The molecule has 2 aromatic carbocycles. The third kappa shape index (κ3) is 7.49. The monoisotopic (exact) mass is 549 g/mol. The SMILES string of the molecule is Cc1c(CNC(=O)OC(C)(C)C)ccc(-c2ccncc2OCC2CCCN2C(=O)OCc2ccccc2)c1F. The van der Waals surface area contributed by atoms with E-state index in [1.165, 1.54) is 0 Å². The maximum Gasteiger partial charge on any atom is 0.410 e. The number of pyridine rings is 1. The summed E-state index contributed by atoms with van der Waals surface area (Å²) in [5.74, 6) is 0.0106. The molecule has 4 rings (SSSR count). The fraction of sp³-hybridized carbons (Fsp3) is 0.387. The molecule has 0 saturated carbocycles. The summed E-state index contributed by atoms with van der Waals surface area (Å²) >= 11 is 0. The smallest absolute Gasteiger partial charge is 0.410 e. The topological polar surface area (TPSA) is 90.0 Å². The number of likely N-dealkylation sites (tertiary alicyclic amines) is 1. The van der Waals surface area contributed by atoms with Gasteiger partial charge in [0.25, 0.3) is 0 Å². The van der Waals surface area contributed by atoms with E-state index in [4.69, 9.17) is 14.2 Å². The number of hydrogen-bond acceptors (Lipinski definition) is 6. The second kappa shape index (κ2) is 12.8. The van der Waals surface area contributed by atoms with Crippen molar-refractivity contribution < 1.29 is 28.2 Å². The van der Waals surface area contributed by atoms with E-state index in [-0.39, 0.29) is 31.9 Å². The highest BCUT2D eigenvalue weighted by Gasteiger charge is 2.31. The second-order valence-corrected chi connectivity index (χ2v) is 10.8. The standard InChI is InChI=1S/C31H36FN3O5/c1-21-23(17-34-29(36)40-31(2,3)4)12-13-26(28(21)32)25-14-15-33-18-27(25)38-20-24-11-8-16-35(24)30(37)39-19-22-9-6-5-7-10-22/h5-7,9-10,12-15,18,24H,8,11,16-17,19-20H2,1-4H3,(H,34,36). The van der Waals surface area contributed by atoms with Gasteiger partial charge in [-0.2, -0.15) is 0 Å². The first-order chi connectivity index (χ1) is 19.1. The van der Waals surface area contributed by atoms with Gasteiger partial charge in [0.05, 0.1) is 12.2 Å². The van der Waals surface area contributed by atoms with Gasteiger partial charge in [0.1, 0.15) is 30.4 Å². The van der Waals surface area contributed by atoms with Crippen molar-refractivity contribution in [2.75, 3.05) is 13.2 Å². The second-order valence-electron chi connectivity index (χ2n) is 10.8. The van der Waals surface area contributed by atoms with Gasteiger partial charge in [-0.25, -0.2) is 14.0 Å². The molecule has 9 heteroatoms. The minimum absolute atomic E-state index is 0.134. The molecule has 1 aliphatic rings. The molecule has 1 aromatic heterocycles. The first-order valence-electron chi connectivity index (χ1n) is 13.4. The van der Waals surface area contributed by atoms with E-state index in [0.29, 0.717) is 34.5 Å². The number of amides is 2. The minimum Gasteiger partial charge on any atom is -0.489 e. The van der Waals surface area contributed by atoms with Gasteiger partial charge in [0.15, 0.2) is 0 Å².